The molecule has 13 nitrogen and oxygen atoms in total. The van der Waals surface area contributed by atoms with E-state index in [9.17, 15) is 24.8 Å². The molecule has 3 amide bonds. The van der Waals surface area contributed by atoms with Gasteiger partial charge in [-0.15, -0.1) is 0 Å². The van der Waals surface area contributed by atoms with Crippen molar-refractivity contribution in [1.82, 2.24) is 34.5 Å². The molecule has 0 saturated carbocycles. The van der Waals surface area contributed by atoms with E-state index in [4.69, 9.17) is 5.10 Å². The molecule has 17 heteroatoms. The van der Waals surface area contributed by atoms with Gasteiger partial charge in [0, 0.05) is 61.0 Å². The first-order valence-corrected chi connectivity index (χ1v) is 19.7. The number of halogens is 4. The van der Waals surface area contributed by atoms with Gasteiger partial charge in [0.1, 0.15) is 23.4 Å². The smallest absolute Gasteiger partial charge is 0.275 e. The van der Waals surface area contributed by atoms with Crippen molar-refractivity contribution in [1.29, 1.82) is 5.26 Å². The number of carbonyl (C=O) groups excluding carboxylic acids is 3. The number of nitrogens with one attached hydrogen (secondary N) is 2. The highest BCUT2D eigenvalue weighted by Gasteiger charge is 2.48. The Hall–Kier alpha value is -5.70. The molecule has 3 N–H and O–H groups in total. The lowest BCUT2D eigenvalue weighted by Crippen LogP contribution is -2.59. The number of likely N-dealkylation sites (tertiary alicyclic amines) is 2. The third kappa shape index (κ3) is 8.04. The van der Waals surface area contributed by atoms with Crippen molar-refractivity contribution in [3.8, 4) is 6.07 Å². The first kappa shape index (κ1) is 40.1. The van der Waals surface area contributed by atoms with Crippen molar-refractivity contribution in [3.63, 3.8) is 0 Å². The fraction of sp³-hybridized carbons (Fsp3) is 0.429. The predicted molar refractivity (Wildman–Crippen MR) is 208 cm³/mol. The standard InChI is InChI=1S/C42H43F4N9O4/c1-41(2,59)30-19-33-26(18-34(30)49-40(58)35-5-3-28-15-25(20-47)21-48-55(28)35)22-54(51-33)27-8-13-53(14-9-27)36-10-12-52(23-42(36,45)46)11-7-24-16-31(43)38(32(44)17-24)29-4-6-37(56)50-39(29)57/h3,5,15-19,21-22,27,29,36,59H,4,6-14,23H2,1-2H3,(H,49,58)(H,50,56,57)/t29-,36+/m1/s1. The van der Waals surface area contributed by atoms with Crippen LogP contribution in [-0.4, -0.2) is 96.7 Å². The van der Waals surface area contributed by atoms with Gasteiger partial charge in [0.25, 0.3) is 11.8 Å². The van der Waals surface area contributed by atoms with Crippen molar-refractivity contribution < 1.29 is 37.1 Å². The molecule has 2 aromatic carbocycles. The minimum Gasteiger partial charge on any atom is -0.386 e. The summed E-state index contributed by atoms with van der Waals surface area (Å²) in [5.41, 5.74) is 1.21. The minimum atomic E-state index is -3.02. The van der Waals surface area contributed by atoms with Crippen LogP contribution in [0, 0.1) is 23.0 Å². The number of piperidine rings is 3. The van der Waals surface area contributed by atoms with Gasteiger partial charge in [-0.25, -0.2) is 22.1 Å². The average Bonchev–Trinajstić information content (AvgIpc) is 3.81. The van der Waals surface area contributed by atoms with Crippen LogP contribution in [0.5, 0.6) is 0 Å². The van der Waals surface area contributed by atoms with E-state index < -0.39 is 59.4 Å². The van der Waals surface area contributed by atoms with E-state index in [-0.39, 0.29) is 49.5 Å². The number of alkyl halides is 2. The molecule has 308 valence electrons. The molecule has 2 atom stereocenters. The summed E-state index contributed by atoms with van der Waals surface area (Å²) < 4.78 is 64.8. The number of hydrogen-bond acceptors (Lipinski definition) is 9. The number of benzene rings is 2. The van der Waals surface area contributed by atoms with Crippen LogP contribution in [0.2, 0.25) is 0 Å². The van der Waals surface area contributed by atoms with Crippen molar-refractivity contribution in [2.45, 2.75) is 81.9 Å². The molecule has 8 rings (SSSR count). The van der Waals surface area contributed by atoms with Gasteiger partial charge in [-0.05, 0) is 94.0 Å². The number of carbonyl (C=O) groups is 3. The first-order chi connectivity index (χ1) is 28.1. The maximum atomic E-state index is 15.8. The zero-order chi connectivity index (χ0) is 41.8. The second-order valence-electron chi connectivity index (χ2n) is 16.3. The van der Waals surface area contributed by atoms with Gasteiger partial charge < -0.3 is 10.4 Å². The van der Waals surface area contributed by atoms with E-state index in [0.717, 1.165) is 17.5 Å². The monoisotopic (exact) mass is 813 g/mol. The van der Waals surface area contributed by atoms with Crippen molar-refractivity contribution in [2.24, 2.45) is 0 Å². The lowest BCUT2D eigenvalue weighted by atomic mass is 9.89. The molecule has 3 aliphatic heterocycles. The number of aliphatic hydroxyl groups is 1. The van der Waals surface area contributed by atoms with Gasteiger partial charge in [0.2, 0.25) is 11.8 Å². The normalized spacial score (nSPS) is 20.8. The Labute approximate surface area is 336 Å². The number of nitrogens with zero attached hydrogens (tertiary/aromatic N) is 7. The Morgan fingerprint density at radius 3 is 2.47 bits per heavy atom. The molecule has 0 bridgehead atoms. The molecule has 0 spiro atoms. The lowest BCUT2D eigenvalue weighted by Gasteiger charge is -2.45. The molecule has 6 heterocycles. The van der Waals surface area contributed by atoms with Crippen LogP contribution in [0.15, 0.2) is 54.9 Å². The summed E-state index contributed by atoms with van der Waals surface area (Å²) >= 11 is 0. The third-order valence-electron chi connectivity index (χ3n) is 11.8. The maximum Gasteiger partial charge on any atom is 0.275 e. The van der Waals surface area contributed by atoms with Crippen LogP contribution in [0.3, 0.4) is 0 Å². The lowest BCUT2D eigenvalue weighted by molar-refractivity contribution is -0.134. The summed E-state index contributed by atoms with van der Waals surface area (Å²) in [6.07, 6.45) is 4.77. The fourth-order valence-corrected chi connectivity index (χ4v) is 8.78. The number of anilines is 1. The van der Waals surface area contributed by atoms with Gasteiger partial charge in [-0.1, -0.05) is 0 Å². The van der Waals surface area contributed by atoms with E-state index in [1.807, 2.05) is 21.8 Å². The Bertz CT molecular complexity index is 2490. The van der Waals surface area contributed by atoms with Crippen molar-refractivity contribution >= 4 is 39.8 Å². The minimum absolute atomic E-state index is 0.00835. The zero-order valence-electron chi connectivity index (χ0n) is 32.5. The first-order valence-electron chi connectivity index (χ1n) is 19.7. The highest BCUT2D eigenvalue weighted by atomic mass is 19.3. The molecule has 3 saturated heterocycles. The van der Waals surface area contributed by atoms with Crippen LogP contribution >= 0.6 is 0 Å². The summed E-state index contributed by atoms with van der Waals surface area (Å²) in [7, 11) is 0. The molecular weight excluding hydrogens is 771 g/mol. The number of rotatable bonds is 9. The Morgan fingerprint density at radius 2 is 1.80 bits per heavy atom. The molecule has 3 fully saturated rings. The molecular formula is C42H43F4N9O4. The van der Waals surface area contributed by atoms with Crippen LogP contribution < -0.4 is 10.6 Å². The van der Waals surface area contributed by atoms with Crippen molar-refractivity contribution in [2.75, 3.05) is 38.0 Å². The quantitative estimate of drug-likeness (QED) is 0.130. The average molecular weight is 814 g/mol. The van der Waals surface area contributed by atoms with Gasteiger partial charge >= 0.3 is 0 Å². The van der Waals surface area contributed by atoms with Crippen LogP contribution in [0.1, 0.15) is 90.7 Å². The molecule has 0 aliphatic carbocycles. The van der Waals surface area contributed by atoms with E-state index in [0.29, 0.717) is 65.9 Å². The highest BCUT2D eigenvalue weighted by Crippen LogP contribution is 2.37. The zero-order valence-corrected chi connectivity index (χ0v) is 32.5. The SMILES string of the molecule is CC(C)(O)c1cc2nn(C3CCN([C@H]4CCN(CCc5cc(F)c([C@H]6CCC(=O)NC6=O)c(F)c5)CC4(F)F)CC3)cc2cc1NC(=O)c1ccc2cc(C#N)cnn12. The maximum absolute atomic E-state index is 15.8. The third-order valence-corrected chi connectivity index (χ3v) is 11.8. The predicted octanol–water partition coefficient (Wildman–Crippen LogP) is 5.42. The summed E-state index contributed by atoms with van der Waals surface area (Å²) in [6.45, 7) is 4.19. The van der Waals surface area contributed by atoms with E-state index in [2.05, 4.69) is 15.7 Å². The number of hydrogen-bond donors (Lipinski definition) is 3. The van der Waals surface area contributed by atoms with Crippen molar-refractivity contribution in [3.05, 3.63) is 94.4 Å². The van der Waals surface area contributed by atoms with Crippen LogP contribution in [0.25, 0.3) is 16.4 Å². The number of aromatic nitrogens is 4. The topological polar surface area (TPSA) is 161 Å². The number of amides is 3. The summed E-state index contributed by atoms with van der Waals surface area (Å²) in [4.78, 5) is 40.6. The number of nitriles is 1. The molecule has 3 aliphatic rings. The van der Waals surface area contributed by atoms with Gasteiger partial charge in [0.05, 0.1) is 52.9 Å². The van der Waals surface area contributed by atoms with E-state index in [1.165, 1.54) is 10.7 Å². The largest absolute Gasteiger partial charge is 0.386 e. The molecule has 0 unspecified atom stereocenters. The molecule has 5 aromatic rings. The molecule has 3 aromatic heterocycles. The van der Waals surface area contributed by atoms with Gasteiger partial charge in [0.15, 0.2) is 0 Å². The Kier molecular flexibility index (Phi) is 10.5. The molecule has 59 heavy (non-hydrogen) atoms. The summed E-state index contributed by atoms with van der Waals surface area (Å²) in [5.74, 6) is -7.60. The highest BCUT2D eigenvalue weighted by molar-refractivity contribution is 6.05. The fourth-order valence-electron chi connectivity index (χ4n) is 8.78. The Morgan fingerprint density at radius 1 is 1.05 bits per heavy atom. The Balaban J connectivity index is 0.888. The van der Waals surface area contributed by atoms with E-state index in [1.54, 1.807) is 49.1 Å². The second-order valence-corrected chi connectivity index (χ2v) is 16.3. The number of imide groups is 1. The summed E-state index contributed by atoms with van der Waals surface area (Å²) in [6, 6.07) is 11.7. The second kappa shape index (κ2) is 15.5. The summed E-state index contributed by atoms with van der Waals surface area (Å²) in [5, 5.41) is 35.1. The molecule has 0 radical (unpaired) electrons. The van der Waals surface area contributed by atoms with Crippen LogP contribution in [-0.2, 0) is 21.6 Å². The van der Waals surface area contributed by atoms with Gasteiger partial charge in [-0.2, -0.15) is 15.5 Å². The van der Waals surface area contributed by atoms with E-state index >= 15 is 17.6 Å². The number of fused-ring (bicyclic) bond motifs is 2. The van der Waals surface area contributed by atoms with Gasteiger partial charge in [-0.3, -0.25) is 34.2 Å². The van der Waals surface area contributed by atoms with Crippen LogP contribution in [0.4, 0.5) is 23.2 Å².